The van der Waals surface area contributed by atoms with Crippen LogP contribution < -0.4 is 20.2 Å². The molecular weight excluding hydrogens is 418 g/mol. The molecule has 0 aliphatic heterocycles. The van der Waals surface area contributed by atoms with Gasteiger partial charge in [0.25, 0.3) is 0 Å². The van der Waals surface area contributed by atoms with Gasteiger partial charge in [0.15, 0.2) is 0 Å². The van der Waals surface area contributed by atoms with Gasteiger partial charge < -0.3 is 14.8 Å². The van der Waals surface area contributed by atoms with Crippen molar-refractivity contribution in [2.45, 2.75) is 6.92 Å². The van der Waals surface area contributed by atoms with Crippen molar-refractivity contribution in [2.75, 3.05) is 12.4 Å². The highest BCUT2D eigenvalue weighted by Gasteiger charge is 2.14. The van der Waals surface area contributed by atoms with Gasteiger partial charge >= 0.3 is 17.8 Å². The highest BCUT2D eigenvalue weighted by Crippen LogP contribution is 2.17. The average Bonchev–Trinajstić information content (AvgIpc) is 3.33. The third-order valence-electron chi connectivity index (χ3n) is 4.08. The zero-order chi connectivity index (χ0) is 22.2. The summed E-state index contributed by atoms with van der Waals surface area (Å²) in [5.41, 5.74) is 3.83. The number of nitrogens with one attached hydrogen (secondary N) is 2. The van der Waals surface area contributed by atoms with Crippen LogP contribution in [0.5, 0.6) is 11.5 Å². The van der Waals surface area contributed by atoms with Crippen molar-refractivity contribution < 1.29 is 23.9 Å². The number of thiophene rings is 1. The summed E-state index contributed by atoms with van der Waals surface area (Å²) in [5, 5.41) is 8.21. The molecule has 0 bridgehead atoms. The molecule has 1 aromatic heterocycles. The maximum absolute atomic E-state index is 12.0. The number of rotatable bonds is 6. The van der Waals surface area contributed by atoms with E-state index in [2.05, 4.69) is 15.8 Å². The zero-order valence-corrected chi connectivity index (χ0v) is 17.6. The van der Waals surface area contributed by atoms with Crippen LogP contribution in [0.1, 0.15) is 22.2 Å². The fraction of sp³-hybridized carbons (Fsp3) is 0.0909. The monoisotopic (exact) mass is 437 g/mol. The van der Waals surface area contributed by atoms with Crippen LogP contribution in [0.4, 0.5) is 5.69 Å². The van der Waals surface area contributed by atoms with Crippen molar-refractivity contribution in [1.82, 2.24) is 5.43 Å². The van der Waals surface area contributed by atoms with Crippen LogP contribution in [0.15, 0.2) is 71.1 Å². The van der Waals surface area contributed by atoms with E-state index in [1.54, 1.807) is 73.0 Å². The molecule has 0 radical (unpaired) electrons. The van der Waals surface area contributed by atoms with Gasteiger partial charge in [-0.3, -0.25) is 9.59 Å². The standard InChI is InChI=1S/C22H19N3O5S/c1-14(15-5-9-18(10-6-15)30-22(28)19-4-3-13-31-19)24-25-21(27)20(26)23-16-7-11-17(29-2)12-8-16/h3-13H,1-2H3,(H,23,26)(H,25,27)/b24-14+. The summed E-state index contributed by atoms with van der Waals surface area (Å²) in [5.74, 6) is -1.16. The Kier molecular flexibility index (Phi) is 7.13. The van der Waals surface area contributed by atoms with Crippen molar-refractivity contribution in [3.05, 3.63) is 76.5 Å². The number of hydrazone groups is 1. The van der Waals surface area contributed by atoms with Crippen LogP contribution in [0.2, 0.25) is 0 Å². The number of benzene rings is 2. The van der Waals surface area contributed by atoms with E-state index in [-0.39, 0.29) is 0 Å². The second-order valence-electron chi connectivity index (χ2n) is 6.21. The molecule has 0 unspecified atom stereocenters. The summed E-state index contributed by atoms with van der Waals surface area (Å²) in [4.78, 5) is 36.5. The number of ether oxygens (including phenoxy) is 2. The van der Waals surface area contributed by atoms with Gasteiger partial charge in [-0.05, 0) is 72.5 Å². The highest BCUT2D eigenvalue weighted by molar-refractivity contribution is 7.12. The Bertz CT molecular complexity index is 1090. The predicted molar refractivity (Wildman–Crippen MR) is 118 cm³/mol. The number of carbonyl (C=O) groups excluding carboxylic acids is 3. The van der Waals surface area contributed by atoms with E-state index in [4.69, 9.17) is 9.47 Å². The van der Waals surface area contributed by atoms with Crippen molar-refractivity contribution in [2.24, 2.45) is 5.10 Å². The minimum atomic E-state index is -0.906. The molecule has 0 saturated heterocycles. The fourth-order valence-corrected chi connectivity index (χ4v) is 3.03. The molecule has 1 heterocycles. The second kappa shape index (κ2) is 10.2. The molecule has 2 N–H and O–H groups in total. The topological polar surface area (TPSA) is 106 Å². The van der Waals surface area contributed by atoms with Gasteiger partial charge in [-0.1, -0.05) is 6.07 Å². The van der Waals surface area contributed by atoms with Gasteiger partial charge in [0.2, 0.25) is 0 Å². The van der Waals surface area contributed by atoms with Gasteiger partial charge in [0, 0.05) is 5.69 Å². The first-order chi connectivity index (χ1) is 15.0. The molecule has 0 aliphatic carbocycles. The molecule has 0 atom stereocenters. The molecule has 0 aliphatic rings. The Hall–Kier alpha value is -3.98. The SMILES string of the molecule is COc1ccc(NC(=O)C(=O)N/N=C(\C)c2ccc(OC(=O)c3cccs3)cc2)cc1. The Morgan fingerprint density at radius 3 is 2.19 bits per heavy atom. The maximum Gasteiger partial charge on any atom is 0.353 e. The average molecular weight is 437 g/mol. The number of methoxy groups -OCH3 is 1. The van der Waals surface area contributed by atoms with E-state index in [1.165, 1.54) is 18.4 Å². The number of carbonyl (C=O) groups is 3. The molecule has 3 aromatic rings. The van der Waals surface area contributed by atoms with E-state index < -0.39 is 17.8 Å². The molecule has 2 aromatic carbocycles. The lowest BCUT2D eigenvalue weighted by Crippen LogP contribution is -2.32. The van der Waals surface area contributed by atoms with Crippen molar-refractivity contribution in [3.8, 4) is 11.5 Å². The largest absolute Gasteiger partial charge is 0.497 e. The number of anilines is 1. The number of esters is 1. The molecule has 31 heavy (non-hydrogen) atoms. The van der Waals surface area contributed by atoms with Gasteiger partial charge in [0.1, 0.15) is 16.4 Å². The Morgan fingerprint density at radius 1 is 0.903 bits per heavy atom. The zero-order valence-electron chi connectivity index (χ0n) is 16.7. The van der Waals surface area contributed by atoms with Gasteiger partial charge in [0.05, 0.1) is 12.8 Å². The van der Waals surface area contributed by atoms with Crippen molar-refractivity contribution in [1.29, 1.82) is 0 Å². The summed E-state index contributed by atoms with van der Waals surface area (Å²) in [6.45, 7) is 1.67. The predicted octanol–water partition coefficient (Wildman–Crippen LogP) is 3.45. The van der Waals surface area contributed by atoms with Crippen molar-refractivity contribution in [3.63, 3.8) is 0 Å². The number of hydrogen-bond acceptors (Lipinski definition) is 7. The summed E-state index contributed by atoms with van der Waals surface area (Å²) < 4.78 is 10.3. The van der Waals surface area contributed by atoms with Gasteiger partial charge in [-0.15, -0.1) is 11.3 Å². The molecule has 158 valence electrons. The van der Waals surface area contributed by atoms with E-state index >= 15 is 0 Å². The number of hydrogen-bond donors (Lipinski definition) is 2. The quantitative estimate of drug-likeness (QED) is 0.202. The minimum Gasteiger partial charge on any atom is -0.497 e. The normalized spacial score (nSPS) is 10.8. The first-order valence-corrected chi connectivity index (χ1v) is 10.00. The third-order valence-corrected chi connectivity index (χ3v) is 4.93. The van der Waals surface area contributed by atoms with Crippen LogP contribution in [-0.2, 0) is 9.59 Å². The molecule has 0 spiro atoms. The summed E-state index contributed by atoms with van der Waals surface area (Å²) >= 11 is 1.30. The summed E-state index contributed by atoms with van der Waals surface area (Å²) in [7, 11) is 1.53. The Balaban J connectivity index is 1.54. The minimum absolute atomic E-state index is 0.387. The lowest BCUT2D eigenvalue weighted by molar-refractivity contribution is -0.136. The van der Waals surface area contributed by atoms with Crippen LogP contribution in [0.25, 0.3) is 0 Å². The first-order valence-electron chi connectivity index (χ1n) is 9.12. The lowest BCUT2D eigenvalue weighted by Gasteiger charge is -2.07. The molecule has 8 nitrogen and oxygen atoms in total. The molecule has 9 heteroatoms. The lowest BCUT2D eigenvalue weighted by atomic mass is 10.1. The van der Waals surface area contributed by atoms with E-state index in [0.29, 0.717) is 33.3 Å². The maximum atomic E-state index is 12.0. The Labute approximate surface area is 182 Å². The fourth-order valence-electron chi connectivity index (χ4n) is 2.43. The first kappa shape index (κ1) is 21.7. The Morgan fingerprint density at radius 2 is 1.58 bits per heavy atom. The number of amides is 2. The smallest absolute Gasteiger partial charge is 0.353 e. The van der Waals surface area contributed by atoms with Crippen LogP contribution in [0.3, 0.4) is 0 Å². The number of nitrogens with zero attached hydrogens (tertiary/aromatic N) is 1. The van der Waals surface area contributed by atoms with E-state index in [9.17, 15) is 14.4 Å². The van der Waals surface area contributed by atoms with Crippen LogP contribution in [-0.4, -0.2) is 30.6 Å². The molecular formula is C22H19N3O5S. The van der Waals surface area contributed by atoms with Crippen LogP contribution in [0, 0.1) is 0 Å². The highest BCUT2D eigenvalue weighted by atomic mass is 32.1. The second-order valence-corrected chi connectivity index (χ2v) is 7.16. The summed E-state index contributed by atoms with van der Waals surface area (Å²) in [6, 6.07) is 16.7. The molecule has 0 fully saturated rings. The van der Waals surface area contributed by atoms with E-state index in [1.807, 2.05) is 0 Å². The molecule has 2 amide bonds. The molecule has 0 saturated carbocycles. The third kappa shape index (κ3) is 6.00. The molecule has 3 rings (SSSR count). The summed E-state index contributed by atoms with van der Waals surface area (Å²) in [6.07, 6.45) is 0. The van der Waals surface area contributed by atoms with Crippen LogP contribution >= 0.6 is 11.3 Å². The van der Waals surface area contributed by atoms with Crippen molar-refractivity contribution >= 4 is 40.5 Å². The van der Waals surface area contributed by atoms with E-state index in [0.717, 1.165) is 0 Å². The van der Waals surface area contributed by atoms with Gasteiger partial charge in [-0.2, -0.15) is 5.10 Å². The van der Waals surface area contributed by atoms with Gasteiger partial charge in [-0.25, -0.2) is 10.2 Å².